The molecule has 1 fully saturated rings. The standard InChI is InChI=1S/C12H10N2O2S/c15-11-10(13-12(17)14-11)8-5-6-16-9-4-2-1-3-7(8)9/h1-4H,5-6H2,(H2,13,14,15,17)/b10-8-. The van der Waals surface area contributed by atoms with E-state index in [2.05, 4.69) is 10.6 Å². The van der Waals surface area contributed by atoms with Crippen LogP contribution in [-0.2, 0) is 4.79 Å². The van der Waals surface area contributed by atoms with E-state index in [4.69, 9.17) is 17.0 Å². The molecule has 0 saturated carbocycles. The Balaban J connectivity index is 2.14. The van der Waals surface area contributed by atoms with E-state index in [1.165, 1.54) is 0 Å². The van der Waals surface area contributed by atoms with Crippen LogP contribution in [0.2, 0.25) is 0 Å². The van der Waals surface area contributed by atoms with E-state index in [0.717, 1.165) is 16.9 Å². The predicted molar refractivity (Wildman–Crippen MR) is 67.4 cm³/mol. The van der Waals surface area contributed by atoms with Gasteiger partial charge < -0.3 is 10.1 Å². The Labute approximate surface area is 104 Å². The van der Waals surface area contributed by atoms with E-state index in [1.54, 1.807) is 0 Å². The topological polar surface area (TPSA) is 50.4 Å². The van der Waals surface area contributed by atoms with Crippen LogP contribution in [-0.4, -0.2) is 17.6 Å². The molecule has 2 aliphatic rings. The number of ether oxygens (including phenoxy) is 1. The van der Waals surface area contributed by atoms with Gasteiger partial charge in [0.1, 0.15) is 11.4 Å². The fraction of sp³-hybridized carbons (Fsp3) is 0.167. The maximum Gasteiger partial charge on any atom is 0.274 e. The van der Waals surface area contributed by atoms with E-state index in [0.29, 0.717) is 23.8 Å². The molecule has 3 rings (SSSR count). The largest absolute Gasteiger partial charge is 0.493 e. The van der Waals surface area contributed by atoms with E-state index >= 15 is 0 Å². The number of benzene rings is 1. The molecule has 1 aromatic carbocycles. The highest BCUT2D eigenvalue weighted by Crippen LogP contribution is 2.34. The van der Waals surface area contributed by atoms with Crippen molar-refractivity contribution in [2.45, 2.75) is 6.42 Å². The van der Waals surface area contributed by atoms with Crippen molar-refractivity contribution in [2.24, 2.45) is 0 Å². The molecule has 1 saturated heterocycles. The highest BCUT2D eigenvalue weighted by Gasteiger charge is 2.27. The van der Waals surface area contributed by atoms with E-state index in [1.807, 2.05) is 24.3 Å². The fourth-order valence-corrected chi connectivity index (χ4v) is 2.27. The molecule has 2 N–H and O–H groups in total. The van der Waals surface area contributed by atoms with Gasteiger partial charge in [0.05, 0.1) is 6.61 Å². The molecule has 0 bridgehead atoms. The highest BCUT2D eigenvalue weighted by molar-refractivity contribution is 7.80. The first kappa shape index (κ1) is 10.3. The van der Waals surface area contributed by atoms with Gasteiger partial charge in [0, 0.05) is 12.0 Å². The Morgan fingerprint density at radius 2 is 2.06 bits per heavy atom. The van der Waals surface area contributed by atoms with Crippen LogP contribution >= 0.6 is 12.2 Å². The summed E-state index contributed by atoms with van der Waals surface area (Å²) in [6.07, 6.45) is 0.704. The third-order valence-corrected chi connectivity index (χ3v) is 3.02. The van der Waals surface area contributed by atoms with Crippen LogP contribution in [0, 0.1) is 0 Å². The van der Waals surface area contributed by atoms with Crippen molar-refractivity contribution in [2.75, 3.05) is 6.61 Å². The maximum atomic E-state index is 11.7. The first-order valence-corrected chi connectivity index (χ1v) is 5.74. The number of nitrogens with one attached hydrogen (secondary N) is 2. The van der Waals surface area contributed by atoms with Gasteiger partial charge in [0.2, 0.25) is 0 Å². The van der Waals surface area contributed by atoms with Gasteiger partial charge in [-0.3, -0.25) is 10.1 Å². The summed E-state index contributed by atoms with van der Waals surface area (Å²) in [5, 5.41) is 5.85. The van der Waals surface area contributed by atoms with Gasteiger partial charge in [-0.25, -0.2) is 0 Å². The summed E-state index contributed by atoms with van der Waals surface area (Å²) in [5.74, 6) is 0.648. The van der Waals surface area contributed by atoms with Crippen molar-refractivity contribution in [3.63, 3.8) is 0 Å². The minimum Gasteiger partial charge on any atom is -0.493 e. The fourth-order valence-electron chi connectivity index (χ4n) is 2.08. The Morgan fingerprint density at radius 1 is 1.24 bits per heavy atom. The summed E-state index contributed by atoms with van der Waals surface area (Å²) in [4.78, 5) is 11.7. The average Bonchev–Trinajstić information content (AvgIpc) is 2.68. The van der Waals surface area contributed by atoms with Crippen LogP contribution in [0.1, 0.15) is 12.0 Å². The molecule has 86 valence electrons. The van der Waals surface area contributed by atoms with Gasteiger partial charge in [-0.1, -0.05) is 18.2 Å². The van der Waals surface area contributed by atoms with Gasteiger partial charge in [-0.2, -0.15) is 0 Å². The second-order valence-electron chi connectivity index (χ2n) is 3.86. The molecule has 1 amide bonds. The summed E-state index contributed by atoms with van der Waals surface area (Å²) in [6.45, 7) is 0.581. The zero-order chi connectivity index (χ0) is 11.8. The maximum absolute atomic E-state index is 11.7. The van der Waals surface area contributed by atoms with Crippen molar-refractivity contribution < 1.29 is 9.53 Å². The SMILES string of the molecule is O=C1NC(=S)N/C1=C1/CCOc2ccccc21. The van der Waals surface area contributed by atoms with Crippen molar-refractivity contribution in [3.05, 3.63) is 35.5 Å². The molecule has 0 radical (unpaired) electrons. The van der Waals surface area contributed by atoms with Gasteiger partial charge in [0.25, 0.3) is 5.91 Å². The zero-order valence-electron chi connectivity index (χ0n) is 8.95. The molecule has 0 spiro atoms. The number of hydrogen-bond donors (Lipinski definition) is 2. The summed E-state index contributed by atoms with van der Waals surface area (Å²) in [5.41, 5.74) is 2.47. The number of rotatable bonds is 0. The average molecular weight is 246 g/mol. The molecule has 0 atom stereocenters. The smallest absolute Gasteiger partial charge is 0.274 e. The lowest BCUT2D eigenvalue weighted by Gasteiger charge is -2.20. The minimum atomic E-state index is -0.165. The number of carbonyl (C=O) groups excluding carboxylic acids is 1. The molecular weight excluding hydrogens is 236 g/mol. The van der Waals surface area contributed by atoms with Crippen LogP contribution < -0.4 is 15.4 Å². The van der Waals surface area contributed by atoms with Crippen molar-refractivity contribution >= 4 is 28.8 Å². The summed E-state index contributed by atoms with van der Waals surface area (Å²) >= 11 is 4.93. The lowest BCUT2D eigenvalue weighted by molar-refractivity contribution is -0.115. The van der Waals surface area contributed by atoms with Crippen LogP contribution in [0.4, 0.5) is 0 Å². The number of hydrogen-bond acceptors (Lipinski definition) is 3. The van der Waals surface area contributed by atoms with Crippen LogP contribution in [0.15, 0.2) is 30.0 Å². The quantitative estimate of drug-likeness (QED) is 0.533. The molecule has 0 aromatic heterocycles. The molecule has 17 heavy (non-hydrogen) atoms. The number of carbonyl (C=O) groups is 1. The van der Waals surface area contributed by atoms with Crippen LogP contribution in [0.25, 0.3) is 5.57 Å². The summed E-state index contributed by atoms with van der Waals surface area (Å²) in [7, 11) is 0. The van der Waals surface area contributed by atoms with Gasteiger partial charge in [-0.05, 0) is 23.9 Å². The molecule has 5 heteroatoms. The van der Waals surface area contributed by atoms with E-state index in [9.17, 15) is 4.79 Å². The summed E-state index contributed by atoms with van der Waals surface area (Å²) in [6, 6.07) is 7.70. The molecule has 1 aromatic rings. The van der Waals surface area contributed by atoms with Crippen LogP contribution in [0.5, 0.6) is 5.75 Å². The lowest BCUT2D eigenvalue weighted by Crippen LogP contribution is -2.21. The number of fused-ring (bicyclic) bond motifs is 1. The van der Waals surface area contributed by atoms with E-state index in [-0.39, 0.29) is 5.91 Å². The first-order chi connectivity index (χ1) is 8.25. The van der Waals surface area contributed by atoms with Crippen molar-refractivity contribution in [3.8, 4) is 5.75 Å². The van der Waals surface area contributed by atoms with Crippen molar-refractivity contribution in [1.82, 2.24) is 10.6 Å². The van der Waals surface area contributed by atoms with Gasteiger partial charge >= 0.3 is 0 Å². The van der Waals surface area contributed by atoms with Crippen molar-refractivity contribution in [1.29, 1.82) is 0 Å². The van der Waals surface area contributed by atoms with E-state index < -0.39 is 0 Å². The Kier molecular flexibility index (Phi) is 2.33. The monoisotopic (exact) mass is 246 g/mol. The van der Waals surface area contributed by atoms with Gasteiger partial charge in [0.15, 0.2) is 5.11 Å². The molecule has 2 aliphatic heterocycles. The zero-order valence-corrected chi connectivity index (χ0v) is 9.76. The second-order valence-corrected chi connectivity index (χ2v) is 4.26. The molecule has 0 aliphatic carbocycles. The third kappa shape index (κ3) is 1.68. The number of para-hydroxylation sites is 1. The molecule has 0 unspecified atom stereocenters. The highest BCUT2D eigenvalue weighted by atomic mass is 32.1. The third-order valence-electron chi connectivity index (χ3n) is 2.82. The number of amides is 1. The Morgan fingerprint density at radius 3 is 2.82 bits per heavy atom. The van der Waals surface area contributed by atoms with Gasteiger partial charge in [-0.15, -0.1) is 0 Å². The Hall–Kier alpha value is -1.88. The first-order valence-electron chi connectivity index (χ1n) is 5.33. The normalized spacial score (nSPS) is 22.6. The predicted octanol–water partition coefficient (Wildman–Crippen LogP) is 1.18. The number of thiocarbonyl (C=S) groups is 1. The minimum absolute atomic E-state index is 0.165. The lowest BCUT2D eigenvalue weighted by atomic mass is 9.97. The molecule has 2 heterocycles. The molecule has 4 nitrogen and oxygen atoms in total. The Bertz CT molecular complexity index is 551. The molecular formula is C12H10N2O2S. The van der Waals surface area contributed by atoms with Crippen LogP contribution in [0.3, 0.4) is 0 Å². The summed E-state index contributed by atoms with van der Waals surface area (Å²) < 4.78 is 5.55. The second kappa shape index (κ2) is 3.85.